The van der Waals surface area contributed by atoms with E-state index in [0.717, 1.165) is 31.7 Å². The van der Waals surface area contributed by atoms with Crippen molar-refractivity contribution in [1.82, 2.24) is 14.9 Å². The fraction of sp³-hybridized carbons (Fsp3) is 0.625. The zero-order valence-corrected chi connectivity index (χ0v) is 13.9. The molecule has 2 fully saturated rings. The fourth-order valence-electron chi connectivity index (χ4n) is 3.44. The molecule has 3 rings (SSSR count). The topological polar surface area (TPSA) is 102 Å². The van der Waals surface area contributed by atoms with Crippen LogP contribution in [0.25, 0.3) is 0 Å². The molecule has 0 spiro atoms. The molecule has 8 heteroatoms. The molecule has 1 aromatic heterocycles. The van der Waals surface area contributed by atoms with Gasteiger partial charge in [0.25, 0.3) is 0 Å². The number of primary amides is 1. The number of amides is 2. The number of hydrogen-bond acceptors (Lipinski definition) is 6. The first-order chi connectivity index (χ1) is 11.6. The van der Waals surface area contributed by atoms with Gasteiger partial charge in [0.1, 0.15) is 12.4 Å². The molecule has 2 saturated heterocycles. The highest BCUT2D eigenvalue weighted by molar-refractivity contribution is 5.88. The number of hydrogen-bond donors (Lipinski definition) is 1. The summed E-state index contributed by atoms with van der Waals surface area (Å²) in [7, 11) is 1.62. The van der Waals surface area contributed by atoms with E-state index < -0.39 is 0 Å². The predicted molar refractivity (Wildman–Crippen MR) is 87.0 cm³/mol. The number of likely N-dealkylation sites (tertiary alicyclic amines) is 1. The summed E-state index contributed by atoms with van der Waals surface area (Å²) in [5, 5.41) is 0. The third-order valence-corrected chi connectivity index (χ3v) is 4.75. The molecular weight excluding hydrogens is 310 g/mol. The summed E-state index contributed by atoms with van der Waals surface area (Å²) in [6, 6.07) is 2.07. The highest BCUT2D eigenvalue weighted by Gasteiger charge is 2.38. The molecule has 2 aliphatic heterocycles. The first kappa shape index (κ1) is 16.6. The molecule has 0 radical (unpaired) electrons. The lowest BCUT2D eigenvalue weighted by atomic mass is 10.0. The van der Waals surface area contributed by atoms with E-state index in [0.29, 0.717) is 19.0 Å². The van der Waals surface area contributed by atoms with E-state index >= 15 is 0 Å². The van der Waals surface area contributed by atoms with Gasteiger partial charge in [0, 0.05) is 45.4 Å². The van der Waals surface area contributed by atoms with Crippen molar-refractivity contribution in [2.45, 2.75) is 31.9 Å². The van der Waals surface area contributed by atoms with Crippen LogP contribution in [0.1, 0.15) is 25.1 Å². The standard InChI is InChI=1S/C16H23N5O3/c1-24-10-13-18-5-2-14(19-13)20-6-3-12(4-7-20)21-9-11(16(17)23)8-15(21)22/h2,5,11-12H,3-4,6-10H2,1H3,(H2,17,23). The second-order valence-electron chi connectivity index (χ2n) is 6.33. The van der Waals surface area contributed by atoms with Crippen LogP contribution in [-0.4, -0.2) is 59.5 Å². The summed E-state index contributed by atoms with van der Waals surface area (Å²) < 4.78 is 5.07. The largest absolute Gasteiger partial charge is 0.377 e. The molecular formula is C16H23N5O3. The zero-order valence-electron chi connectivity index (χ0n) is 13.9. The van der Waals surface area contributed by atoms with Gasteiger partial charge >= 0.3 is 0 Å². The number of ether oxygens (including phenoxy) is 1. The number of rotatable bonds is 5. The van der Waals surface area contributed by atoms with Crippen LogP contribution >= 0.6 is 0 Å². The minimum absolute atomic E-state index is 0.0432. The Morgan fingerprint density at radius 1 is 1.42 bits per heavy atom. The summed E-state index contributed by atoms with van der Waals surface area (Å²) in [4.78, 5) is 36.2. The first-order valence-corrected chi connectivity index (χ1v) is 8.23. The number of carbonyl (C=O) groups is 2. The van der Waals surface area contributed by atoms with Gasteiger partial charge in [-0.05, 0) is 18.9 Å². The molecule has 130 valence electrons. The van der Waals surface area contributed by atoms with Gasteiger partial charge in [0.15, 0.2) is 5.82 Å². The van der Waals surface area contributed by atoms with Crippen molar-refractivity contribution in [3.05, 3.63) is 18.1 Å². The molecule has 2 aliphatic rings. The maximum Gasteiger partial charge on any atom is 0.223 e. The average Bonchev–Trinajstić information content (AvgIpc) is 2.98. The number of nitrogens with two attached hydrogens (primary N) is 1. The Morgan fingerprint density at radius 2 is 2.17 bits per heavy atom. The molecule has 3 heterocycles. The molecule has 1 aromatic rings. The lowest BCUT2D eigenvalue weighted by Crippen LogP contribution is -2.46. The summed E-state index contributed by atoms with van der Waals surface area (Å²) in [5.41, 5.74) is 5.34. The van der Waals surface area contributed by atoms with Crippen LogP contribution in [0.15, 0.2) is 12.3 Å². The molecule has 1 atom stereocenters. The van der Waals surface area contributed by atoms with Gasteiger partial charge in [-0.25, -0.2) is 9.97 Å². The molecule has 0 aliphatic carbocycles. The van der Waals surface area contributed by atoms with Gasteiger partial charge in [0.05, 0.1) is 5.92 Å². The second kappa shape index (κ2) is 7.12. The van der Waals surface area contributed by atoms with Crippen LogP contribution in [0.5, 0.6) is 0 Å². The number of aromatic nitrogens is 2. The van der Waals surface area contributed by atoms with E-state index in [1.165, 1.54) is 0 Å². The molecule has 8 nitrogen and oxygen atoms in total. The highest BCUT2D eigenvalue weighted by Crippen LogP contribution is 2.26. The Balaban J connectivity index is 1.59. The lowest BCUT2D eigenvalue weighted by molar-refractivity contribution is -0.130. The molecule has 0 saturated carbocycles. The van der Waals surface area contributed by atoms with Gasteiger partial charge in [-0.1, -0.05) is 0 Å². The zero-order chi connectivity index (χ0) is 17.1. The minimum atomic E-state index is -0.380. The van der Waals surface area contributed by atoms with Gasteiger partial charge in [0.2, 0.25) is 11.8 Å². The van der Waals surface area contributed by atoms with Crippen molar-refractivity contribution in [2.75, 3.05) is 31.6 Å². The maximum absolute atomic E-state index is 12.1. The van der Waals surface area contributed by atoms with Crippen molar-refractivity contribution in [3.63, 3.8) is 0 Å². The van der Waals surface area contributed by atoms with E-state index in [1.54, 1.807) is 13.3 Å². The van der Waals surface area contributed by atoms with E-state index in [9.17, 15) is 9.59 Å². The van der Waals surface area contributed by atoms with Gasteiger partial charge in [-0.15, -0.1) is 0 Å². The number of piperidine rings is 1. The van der Waals surface area contributed by atoms with Crippen LogP contribution in [-0.2, 0) is 20.9 Å². The summed E-state index contributed by atoms with van der Waals surface area (Å²) >= 11 is 0. The number of methoxy groups -OCH3 is 1. The Kier molecular flexibility index (Phi) is 4.94. The van der Waals surface area contributed by atoms with Gasteiger partial charge in [-0.2, -0.15) is 0 Å². The number of anilines is 1. The van der Waals surface area contributed by atoms with Crippen LogP contribution in [0.3, 0.4) is 0 Å². The molecule has 1 unspecified atom stereocenters. The molecule has 0 bridgehead atoms. The lowest BCUT2D eigenvalue weighted by Gasteiger charge is -2.37. The summed E-state index contributed by atoms with van der Waals surface area (Å²) in [6.45, 7) is 2.49. The summed E-state index contributed by atoms with van der Waals surface area (Å²) in [5.74, 6) is 0.875. The third-order valence-electron chi connectivity index (χ3n) is 4.75. The van der Waals surface area contributed by atoms with E-state index in [2.05, 4.69) is 14.9 Å². The molecule has 2 N–H and O–H groups in total. The second-order valence-corrected chi connectivity index (χ2v) is 6.33. The molecule has 0 aromatic carbocycles. The van der Waals surface area contributed by atoms with Crippen LogP contribution in [0.2, 0.25) is 0 Å². The monoisotopic (exact) mass is 333 g/mol. The van der Waals surface area contributed by atoms with Crippen molar-refractivity contribution in [2.24, 2.45) is 11.7 Å². The van der Waals surface area contributed by atoms with Crippen molar-refractivity contribution < 1.29 is 14.3 Å². The van der Waals surface area contributed by atoms with E-state index in [4.69, 9.17) is 10.5 Å². The Morgan fingerprint density at radius 3 is 2.79 bits per heavy atom. The van der Waals surface area contributed by atoms with E-state index in [1.807, 2.05) is 11.0 Å². The van der Waals surface area contributed by atoms with Crippen LogP contribution in [0.4, 0.5) is 5.82 Å². The third kappa shape index (κ3) is 3.48. The Bertz CT molecular complexity index is 615. The van der Waals surface area contributed by atoms with Gasteiger partial charge in [-0.3, -0.25) is 9.59 Å². The SMILES string of the molecule is COCc1nccc(N2CCC(N3CC(C(N)=O)CC3=O)CC2)n1. The van der Waals surface area contributed by atoms with Crippen molar-refractivity contribution in [3.8, 4) is 0 Å². The Labute approximate surface area is 141 Å². The van der Waals surface area contributed by atoms with Crippen molar-refractivity contribution >= 4 is 17.6 Å². The Hall–Kier alpha value is -2.22. The summed E-state index contributed by atoms with van der Waals surface area (Å²) in [6.07, 6.45) is 3.72. The fourth-order valence-corrected chi connectivity index (χ4v) is 3.44. The quantitative estimate of drug-likeness (QED) is 0.809. The average molecular weight is 333 g/mol. The molecule has 24 heavy (non-hydrogen) atoms. The maximum atomic E-state index is 12.1. The number of carbonyl (C=O) groups excluding carboxylic acids is 2. The number of nitrogens with zero attached hydrogens (tertiary/aromatic N) is 4. The molecule has 2 amide bonds. The highest BCUT2D eigenvalue weighted by atomic mass is 16.5. The minimum Gasteiger partial charge on any atom is -0.377 e. The first-order valence-electron chi connectivity index (χ1n) is 8.23. The van der Waals surface area contributed by atoms with Crippen LogP contribution < -0.4 is 10.6 Å². The predicted octanol–water partition coefficient (Wildman–Crippen LogP) is -0.0744. The van der Waals surface area contributed by atoms with Crippen LogP contribution in [0, 0.1) is 5.92 Å². The normalized spacial score (nSPS) is 22.2. The van der Waals surface area contributed by atoms with Crippen molar-refractivity contribution in [1.29, 1.82) is 0 Å². The van der Waals surface area contributed by atoms with E-state index in [-0.39, 0.29) is 30.2 Å². The smallest absolute Gasteiger partial charge is 0.223 e. The van der Waals surface area contributed by atoms with Gasteiger partial charge < -0.3 is 20.3 Å².